The van der Waals surface area contributed by atoms with Gasteiger partial charge in [0.1, 0.15) is 0 Å². The first-order valence-electron chi connectivity index (χ1n) is 7.35. The standard InChI is InChI=1S/C15H23IN4S.2BrH/c16-13-5-3-12(4-6-13)7-8-19-15(17)21-9-1-2-14-10-18-11-20-14;;/h3-6,14,18,20H,1-2,7-11H2,(H2,17,19);2*1H. The Morgan fingerprint density at radius 3 is 2.70 bits per heavy atom. The number of amidine groups is 1. The molecule has 1 saturated heterocycles. The molecule has 1 aliphatic rings. The van der Waals surface area contributed by atoms with Crippen molar-refractivity contribution in [2.45, 2.75) is 25.3 Å². The second-order valence-corrected chi connectivity index (χ2v) is 7.48. The molecule has 1 aliphatic heterocycles. The van der Waals surface area contributed by atoms with E-state index >= 15 is 0 Å². The van der Waals surface area contributed by atoms with Gasteiger partial charge in [0.25, 0.3) is 0 Å². The van der Waals surface area contributed by atoms with Crippen molar-refractivity contribution >= 4 is 73.5 Å². The van der Waals surface area contributed by atoms with Gasteiger partial charge in [-0.15, -0.1) is 34.0 Å². The number of halogens is 3. The molecule has 1 heterocycles. The van der Waals surface area contributed by atoms with Gasteiger partial charge in [0.05, 0.1) is 0 Å². The Morgan fingerprint density at radius 2 is 2.04 bits per heavy atom. The van der Waals surface area contributed by atoms with Crippen LogP contribution in [0.3, 0.4) is 0 Å². The lowest BCUT2D eigenvalue weighted by molar-refractivity contribution is 0.576. The molecule has 0 amide bonds. The highest BCUT2D eigenvalue weighted by molar-refractivity contribution is 14.1. The van der Waals surface area contributed by atoms with E-state index in [2.05, 4.69) is 62.5 Å². The molecule has 0 aliphatic carbocycles. The highest BCUT2D eigenvalue weighted by Crippen LogP contribution is 2.09. The maximum atomic E-state index is 5.94. The summed E-state index contributed by atoms with van der Waals surface area (Å²) >= 11 is 3.99. The smallest absolute Gasteiger partial charge is 0.153 e. The summed E-state index contributed by atoms with van der Waals surface area (Å²) < 4.78 is 1.27. The molecule has 0 saturated carbocycles. The largest absolute Gasteiger partial charge is 0.379 e. The van der Waals surface area contributed by atoms with Crippen molar-refractivity contribution in [1.82, 2.24) is 10.6 Å². The van der Waals surface area contributed by atoms with Gasteiger partial charge < -0.3 is 16.4 Å². The van der Waals surface area contributed by atoms with Crippen LogP contribution in [0.25, 0.3) is 0 Å². The van der Waals surface area contributed by atoms with Crippen LogP contribution in [0, 0.1) is 3.57 Å². The average molecular weight is 580 g/mol. The van der Waals surface area contributed by atoms with Gasteiger partial charge in [0, 0.05) is 35.1 Å². The zero-order valence-electron chi connectivity index (χ0n) is 13.0. The zero-order chi connectivity index (χ0) is 14.9. The van der Waals surface area contributed by atoms with Crippen LogP contribution >= 0.6 is 68.3 Å². The summed E-state index contributed by atoms with van der Waals surface area (Å²) in [6, 6.07) is 9.20. The van der Waals surface area contributed by atoms with Crippen molar-refractivity contribution < 1.29 is 0 Å². The predicted octanol–water partition coefficient (Wildman–Crippen LogP) is 3.34. The normalized spacial score (nSPS) is 17.4. The van der Waals surface area contributed by atoms with E-state index in [1.165, 1.54) is 22.0 Å². The van der Waals surface area contributed by atoms with Crippen LogP contribution in [-0.2, 0) is 6.42 Å². The van der Waals surface area contributed by atoms with Crippen LogP contribution in [0.2, 0.25) is 0 Å². The van der Waals surface area contributed by atoms with Crippen molar-refractivity contribution in [1.29, 1.82) is 0 Å². The molecule has 1 unspecified atom stereocenters. The van der Waals surface area contributed by atoms with Crippen LogP contribution in [0.5, 0.6) is 0 Å². The number of aliphatic imine (C=N–C) groups is 1. The summed E-state index contributed by atoms with van der Waals surface area (Å²) in [6.07, 6.45) is 3.34. The van der Waals surface area contributed by atoms with E-state index in [4.69, 9.17) is 5.73 Å². The molecular formula is C15H25Br2IN4S. The molecule has 23 heavy (non-hydrogen) atoms. The second-order valence-electron chi connectivity index (χ2n) is 5.12. The van der Waals surface area contributed by atoms with Crippen LogP contribution < -0.4 is 16.4 Å². The molecule has 1 aromatic rings. The summed E-state index contributed by atoms with van der Waals surface area (Å²) in [5.74, 6) is 1.05. The van der Waals surface area contributed by atoms with Gasteiger partial charge >= 0.3 is 0 Å². The molecular weight excluding hydrogens is 555 g/mol. The van der Waals surface area contributed by atoms with Gasteiger partial charge in [-0.25, -0.2) is 0 Å². The first-order chi connectivity index (χ1) is 10.2. The Morgan fingerprint density at radius 1 is 1.30 bits per heavy atom. The first-order valence-corrected chi connectivity index (χ1v) is 9.42. The maximum Gasteiger partial charge on any atom is 0.153 e. The van der Waals surface area contributed by atoms with E-state index in [9.17, 15) is 0 Å². The fourth-order valence-corrected chi connectivity index (χ4v) is 3.30. The predicted molar refractivity (Wildman–Crippen MR) is 121 cm³/mol. The van der Waals surface area contributed by atoms with Gasteiger partial charge in [-0.3, -0.25) is 4.99 Å². The number of benzene rings is 1. The topological polar surface area (TPSA) is 62.4 Å². The Balaban J connectivity index is 0.00000242. The molecule has 2 rings (SSSR count). The summed E-state index contributed by atoms with van der Waals surface area (Å²) in [4.78, 5) is 4.44. The molecule has 0 aromatic heterocycles. The third kappa shape index (κ3) is 10.3. The molecule has 0 radical (unpaired) electrons. The maximum absolute atomic E-state index is 5.94. The molecule has 0 bridgehead atoms. The summed E-state index contributed by atoms with van der Waals surface area (Å²) in [5.41, 5.74) is 7.26. The van der Waals surface area contributed by atoms with Gasteiger partial charge in [-0.2, -0.15) is 0 Å². The number of rotatable bonds is 7. The van der Waals surface area contributed by atoms with E-state index in [1.54, 1.807) is 11.8 Å². The van der Waals surface area contributed by atoms with E-state index in [0.29, 0.717) is 6.04 Å². The van der Waals surface area contributed by atoms with E-state index in [0.717, 1.165) is 37.1 Å². The van der Waals surface area contributed by atoms with Crippen LogP contribution in [0.4, 0.5) is 0 Å². The Kier molecular flexibility index (Phi) is 14.3. The Bertz CT molecular complexity index is 453. The quantitative estimate of drug-likeness (QED) is 0.201. The summed E-state index contributed by atoms with van der Waals surface area (Å²) in [6.45, 7) is 2.80. The monoisotopic (exact) mass is 578 g/mol. The van der Waals surface area contributed by atoms with Crippen molar-refractivity contribution in [2.24, 2.45) is 10.7 Å². The lowest BCUT2D eigenvalue weighted by Crippen LogP contribution is -2.23. The SMILES string of the molecule is Br.Br.NC(=NCCc1ccc(I)cc1)SCCCC1CNCN1. The average Bonchev–Trinajstić information content (AvgIpc) is 2.99. The minimum absolute atomic E-state index is 0. The van der Waals surface area contributed by atoms with Crippen LogP contribution in [0.1, 0.15) is 18.4 Å². The minimum Gasteiger partial charge on any atom is -0.379 e. The fraction of sp³-hybridized carbons (Fsp3) is 0.533. The molecule has 1 atom stereocenters. The molecule has 4 nitrogen and oxygen atoms in total. The van der Waals surface area contributed by atoms with E-state index in [-0.39, 0.29) is 34.0 Å². The van der Waals surface area contributed by atoms with Gasteiger partial charge in [0.15, 0.2) is 5.17 Å². The summed E-state index contributed by atoms with van der Waals surface area (Å²) in [7, 11) is 0. The van der Waals surface area contributed by atoms with Crippen molar-refractivity contribution in [3.63, 3.8) is 0 Å². The number of thioether (sulfide) groups is 1. The lowest BCUT2D eigenvalue weighted by atomic mass is 10.2. The number of hydrogen-bond acceptors (Lipinski definition) is 4. The minimum atomic E-state index is 0. The first kappa shape index (κ1) is 23.6. The van der Waals surface area contributed by atoms with Gasteiger partial charge in [-0.05, 0) is 59.5 Å². The molecule has 132 valence electrons. The molecule has 1 fully saturated rings. The number of nitrogens with zero attached hydrogens (tertiary/aromatic N) is 1. The number of nitrogens with two attached hydrogens (primary N) is 1. The molecule has 1 aromatic carbocycles. The molecule has 8 heteroatoms. The van der Waals surface area contributed by atoms with Crippen LogP contribution in [0.15, 0.2) is 29.3 Å². The van der Waals surface area contributed by atoms with E-state index in [1.807, 2.05) is 0 Å². The third-order valence-electron chi connectivity index (χ3n) is 3.43. The molecule has 0 spiro atoms. The van der Waals surface area contributed by atoms with E-state index < -0.39 is 0 Å². The highest BCUT2D eigenvalue weighted by Gasteiger charge is 2.12. The van der Waals surface area contributed by atoms with Crippen LogP contribution in [-0.4, -0.2) is 36.7 Å². The van der Waals surface area contributed by atoms with Gasteiger partial charge in [0.2, 0.25) is 0 Å². The van der Waals surface area contributed by atoms with Gasteiger partial charge in [-0.1, -0.05) is 23.9 Å². The highest BCUT2D eigenvalue weighted by atomic mass is 127. The number of hydrogen-bond donors (Lipinski definition) is 3. The second kappa shape index (κ2) is 13.9. The molecule has 4 N–H and O–H groups in total. The Labute approximate surface area is 177 Å². The fourth-order valence-electron chi connectivity index (χ4n) is 2.24. The third-order valence-corrected chi connectivity index (χ3v) is 5.07. The van der Waals surface area contributed by atoms with Crippen molar-refractivity contribution in [2.75, 3.05) is 25.5 Å². The Hall–Kier alpha value is 0.650. The van der Waals surface area contributed by atoms with Crippen molar-refractivity contribution in [3.8, 4) is 0 Å². The lowest BCUT2D eigenvalue weighted by Gasteiger charge is -2.08. The van der Waals surface area contributed by atoms with Crippen molar-refractivity contribution in [3.05, 3.63) is 33.4 Å². The summed E-state index contributed by atoms with van der Waals surface area (Å²) in [5, 5.41) is 7.44. The number of nitrogens with one attached hydrogen (secondary N) is 2. The zero-order valence-corrected chi connectivity index (χ0v) is 19.4.